The first-order valence-corrected chi connectivity index (χ1v) is 10.5. The van der Waals surface area contributed by atoms with Crippen molar-refractivity contribution in [3.8, 4) is 22.4 Å². The molecule has 1 fully saturated rings. The lowest BCUT2D eigenvalue weighted by atomic mass is 9.93. The summed E-state index contributed by atoms with van der Waals surface area (Å²) >= 11 is 0. The van der Waals surface area contributed by atoms with E-state index in [1.165, 1.54) is 19.3 Å². The lowest BCUT2D eigenvalue weighted by molar-refractivity contribution is 0.190. The average molecular weight is 419 g/mol. The highest BCUT2D eigenvalue weighted by Crippen LogP contribution is 2.35. The standard InChI is InChI=1S/C22H25N7O2/c1-14(13-31-2)26-22-24-11-20-18(16-10-25-28(12-16)17-4-3-5-17)9-19(29(20)27-22)15-6-7-23-21(30)8-15/h6-12,14,17H,3-5,13H2,1-2H3,(H,23,30)(H,26,27)/t14-/m0/s1. The van der Waals surface area contributed by atoms with Gasteiger partial charge in [0.25, 0.3) is 0 Å². The molecule has 9 nitrogen and oxygen atoms in total. The summed E-state index contributed by atoms with van der Waals surface area (Å²) in [5.74, 6) is 0.496. The van der Waals surface area contributed by atoms with E-state index in [-0.39, 0.29) is 11.6 Å². The van der Waals surface area contributed by atoms with Crippen LogP contribution in [0.15, 0.2) is 47.8 Å². The zero-order chi connectivity index (χ0) is 21.4. The minimum Gasteiger partial charge on any atom is -0.383 e. The largest absolute Gasteiger partial charge is 0.383 e. The molecule has 0 saturated heterocycles. The second-order valence-corrected chi connectivity index (χ2v) is 8.06. The molecule has 1 aliphatic rings. The van der Waals surface area contributed by atoms with E-state index >= 15 is 0 Å². The minimum absolute atomic E-state index is 0.0567. The van der Waals surface area contributed by atoms with Crippen molar-refractivity contribution < 1.29 is 4.74 Å². The van der Waals surface area contributed by atoms with Gasteiger partial charge in [-0.15, -0.1) is 5.10 Å². The number of anilines is 1. The highest BCUT2D eigenvalue weighted by Gasteiger charge is 2.22. The van der Waals surface area contributed by atoms with E-state index in [1.807, 2.05) is 36.0 Å². The van der Waals surface area contributed by atoms with Gasteiger partial charge in [0.05, 0.1) is 36.3 Å². The van der Waals surface area contributed by atoms with Gasteiger partial charge in [-0.1, -0.05) is 0 Å². The quantitative estimate of drug-likeness (QED) is 0.477. The van der Waals surface area contributed by atoms with E-state index in [0.29, 0.717) is 18.6 Å². The number of H-pyrrole nitrogens is 1. The van der Waals surface area contributed by atoms with Crippen LogP contribution in [-0.4, -0.2) is 49.1 Å². The number of rotatable bonds is 7. The summed E-state index contributed by atoms with van der Waals surface area (Å²) in [6.45, 7) is 2.55. The summed E-state index contributed by atoms with van der Waals surface area (Å²) in [4.78, 5) is 19.1. The number of nitrogens with zero attached hydrogens (tertiary/aromatic N) is 5. The van der Waals surface area contributed by atoms with Gasteiger partial charge in [0.2, 0.25) is 11.5 Å². The first kappa shape index (κ1) is 19.5. The van der Waals surface area contributed by atoms with Crippen molar-refractivity contribution in [2.45, 2.75) is 38.3 Å². The molecule has 0 unspecified atom stereocenters. The third-order valence-electron chi connectivity index (χ3n) is 5.74. The maximum absolute atomic E-state index is 11.9. The van der Waals surface area contributed by atoms with Crippen molar-refractivity contribution in [2.75, 3.05) is 19.0 Å². The van der Waals surface area contributed by atoms with E-state index in [2.05, 4.69) is 31.3 Å². The Labute approximate surface area is 179 Å². The number of hydrogen-bond donors (Lipinski definition) is 2. The van der Waals surface area contributed by atoms with Crippen molar-refractivity contribution in [1.29, 1.82) is 0 Å². The molecule has 4 aromatic rings. The van der Waals surface area contributed by atoms with Crippen molar-refractivity contribution in [3.63, 3.8) is 0 Å². The van der Waals surface area contributed by atoms with Crippen LogP contribution in [0.3, 0.4) is 0 Å². The Balaban J connectivity index is 1.62. The maximum Gasteiger partial charge on any atom is 0.248 e. The van der Waals surface area contributed by atoms with Gasteiger partial charge >= 0.3 is 0 Å². The molecule has 5 rings (SSSR count). The van der Waals surface area contributed by atoms with E-state index in [1.54, 1.807) is 19.4 Å². The fourth-order valence-corrected chi connectivity index (χ4v) is 3.94. The van der Waals surface area contributed by atoms with E-state index in [4.69, 9.17) is 9.84 Å². The van der Waals surface area contributed by atoms with Gasteiger partial charge < -0.3 is 15.0 Å². The molecule has 0 aliphatic heterocycles. The van der Waals surface area contributed by atoms with Gasteiger partial charge in [0.1, 0.15) is 0 Å². The molecule has 4 heterocycles. The molecule has 31 heavy (non-hydrogen) atoms. The van der Waals surface area contributed by atoms with Gasteiger partial charge in [-0.05, 0) is 38.3 Å². The van der Waals surface area contributed by atoms with Crippen molar-refractivity contribution in [1.82, 2.24) is 29.4 Å². The zero-order valence-corrected chi connectivity index (χ0v) is 17.6. The number of hydrogen-bond acceptors (Lipinski definition) is 6. The van der Waals surface area contributed by atoms with Crippen LogP contribution in [-0.2, 0) is 4.74 Å². The molecule has 1 atom stereocenters. The van der Waals surface area contributed by atoms with Gasteiger partial charge in [0, 0.05) is 48.3 Å². The maximum atomic E-state index is 11.9. The summed E-state index contributed by atoms with van der Waals surface area (Å²) in [5, 5.41) is 12.6. The lowest BCUT2D eigenvalue weighted by Crippen LogP contribution is -2.22. The van der Waals surface area contributed by atoms with Crippen LogP contribution < -0.4 is 10.9 Å². The Morgan fingerprint density at radius 1 is 1.29 bits per heavy atom. The van der Waals surface area contributed by atoms with Crippen molar-refractivity contribution in [2.24, 2.45) is 0 Å². The Hall–Kier alpha value is -3.46. The summed E-state index contributed by atoms with van der Waals surface area (Å²) < 4.78 is 9.08. The summed E-state index contributed by atoms with van der Waals surface area (Å²) in [7, 11) is 1.66. The molecule has 0 aromatic carbocycles. The topological polar surface area (TPSA) is 102 Å². The number of aromatic amines is 1. The third kappa shape index (κ3) is 3.72. The van der Waals surface area contributed by atoms with Gasteiger partial charge in [-0.3, -0.25) is 9.48 Å². The number of methoxy groups -OCH3 is 1. The van der Waals surface area contributed by atoms with Crippen LogP contribution >= 0.6 is 0 Å². The van der Waals surface area contributed by atoms with Gasteiger partial charge in [-0.25, -0.2) is 9.50 Å². The van der Waals surface area contributed by atoms with E-state index in [0.717, 1.165) is 27.9 Å². The molecule has 4 aromatic heterocycles. The highest BCUT2D eigenvalue weighted by molar-refractivity contribution is 5.85. The normalized spacial score (nSPS) is 15.2. The molecule has 0 spiro atoms. The molecular formula is C22H25N7O2. The average Bonchev–Trinajstić information content (AvgIpc) is 3.31. The van der Waals surface area contributed by atoms with Crippen LogP contribution in [0.4, 0.5) is 5.95 Å². The van der Waals surface area contributed by atoms with Crippen LogP contribution in [0.25, 0.3) is 27.9 Å². The fourth-order valence-electron chi connectivity index (χ4n) is 3.94. The Morgan fingerprint density at radius 2 is 2.16 bits per heavy atom. The SMILES string of the molecule is COC[C@H](C)Nc1ncc2c(-c3cnn(C4CCC4)c3)cc(-c3cc[nH]c(=O)c3)n2n1. The van der Waals surface area contributed by atoms with Crippen LogP contribution in [0, 0.1) is 0 Å². The van der Waals surface area contributed by atoms with E-state index < -0.39 is 0 Å². The lowest BCUT2D eigenvalue weighted by Gasteiger charge is -2.25. The monoisotopic (exact) mass is 419 g/mol. The number of fused-ring (bicyclic) bond motifs is 1. The number of ether oxygens (including phenoxy) is 1. The molecule has 160 valence electrons. The molecule has 1 saturated carbocycles. The molecule has 0 amide bonds. The predicted molar refractivity (Wildman–Crippen MR) is 118 cm³/mol. The van der Waals surface area contributed by atoms with Gasteiger partial charge in [0.15, 0.2) is 0 Å². The Bertz CT molecular complexity index is 1270. The fraction of sp³-hybridized carbons (Fsp3) is 0.364. The number of nitrogens with one attached hydrogen (secondary N) is 2. The Morgan fingerprint density at radius 3 is 2.90 bits per heavy atom. The summed E-state index contributed by atoms with van der Waals surface area (Å²) in [6.07, 6.45) is 11.0. The molecule has 0 bridgehead atoms. The first-order valence-electron chi connectivity index (χ1n) is 10.5. The van der Waals surface area contributed by atoms with Crippen molar-refractivity contribution in [3.05, 3.63) is 53.3 Å². The summed E-state index contributed by atoms with van der Waals surface area (Å²) in [5.41, 5.74) is 4.29. The highest BCUT2D eigenvalue weighted by atomic mass is 16.5. The van der Waals surface area contributed by atoms with Gasteiger partial charge in [-0.2, -0.15) is 5.10 Å². The Kier molecular flexibility index (Phi) is 5.03. The second kappa shape index (κ2) is 7.99. The smallest absolute Gasteiger partial charge is 0.248 e. The predicted octanol–water partition coefficient (Wildman–Crippen LogP) is 3.12. The number of pyridine rings is 1. The van der Waals surface area contributed by atoms with Crippen LogP contribution in [0.1, 0.15) is 32.2 Å². The minimum atomic E-state index is -0.159. The molecule has 0 radical (unpaired) electrons. The van der Waals surface area contributed by atoms with Crippen LogP contribution in [0.2, 0.25) is 0 Å². The molecule has 2 N–H and O–H groups in total. The first-order chi connectivity index (χ1) is 15.1. The molecule has 1 aliphatic carbocycles. The zero-order valence-electron chi connectivity index (χ0n) is 17.6. The summed E-state index contributed by atoms with van der Waals surface area (Å²) in [6, 6.07) is 6.04. The van der Waals surface area contributed by atoms with Crippen molar-refractivity contribution >= 4 is 11.5 Å². The van der Waals surface area contributed by atoms with E-state index in [9.17, 15) is 4.79 Å². The van der Waals surface area contributed by atoms with Crippen LogP contribution in [0.5, 0.6) is 0 Å². The third-order valence-corrected chi connectivity index (χ3v) is 5.74. The second-order valence-electron chi connectivity index (χ2n) is 8.06. The molecule has 9 heteroatoms. The number of aromatic nitrogens is 6. The molecular weight excluding hydrogens is 394 g/mol.